The van der Waals surface area contributed by atoms with Crippen LogP contribution in [0.1, 0.15) is 39.4 Å². The number of hydrogen-bond acceptors (Lipinski definition) is 5. The molecule has 0 unspecified atom stereocenters. The third-order valence-electron chi connectivity index (χ3n) is 6.44. The standard InChI is InChI=1S/C22H22N2O5S/c25-19(23-10-13-3-2-8-29-13)18-14-4-1-5-15(14)30-21(18)24-20(26)16-11-6-7-12(9-11)17(16)22(27)28/h2-3,6-8,11-12,16-17H,1,4-5,9-10H2,(H,23,25)(H,24,26)(H,27,28)/t11-,12-,16-,17-/m0/s1. The molecule has 3 N–H and O–H groups in total. The molecule has 2 amide bonds. The van der Waals surface area contributed by atoms with Crippen LogP contribution in [0.4, 0.5) is 5.00 Å². The highest BCUT2D eigenvalue weighted by Crippen LogP contribution is 2.49. The predicted molar refractivity (Wildman–Crippen MR) is 110 cm³/mol. The molecule has 1 fully saturated rings. The van der Waals surface area contributed by atoms with Crippen molar-refractivity contribution in [2.24, 2.45) is 23.7 Å². The molecule has 4 atom stereocenters. The summed E-state index contributed by atoms with van der Waals surface area (Å²) in [5.74, 6) is -2.29. The lowest BCUT2D eigenvalue weighted by molar-refractivity contribution is -0.146. The molecule has 3 aliphatic rings. The minimum atomic E-state index is -0.933. The molecule has 2 aromatic rings. The van der Waals surface area contributed by atoms with Gasteiger partial charge in [0.15, 0.2) is 0 Å². The van der Waals surface area contributed by atoms with E-state index in [1.54, 1.807) is 18.4 Å². The Hall–Kier alpha value is -2.87. The van der Waals surface area contributed by atoms with Gasteiger partial charge in [0.1, 0.15) is 10.8 Å². The average molecular weight is 426 g/mol. The van der Waals surface area contributed by atoms with Crippen LogP contribution in [0.3, 0.4) is 0 Å². The number of allylic oxidation sites excluding steroid dienone is 2. The number of amides is 2. The van der Waals surface area contributed by atoms with Crippen molar-refractivity contribution < 1.29 is 23.9 Å². The van der Waals surface area contributed by atoms with Crippen molar-refractivity contribution >= 4 is 34.1 Å². The summed E-state index contributed by atoms with van der Waals surface area (Å²) in [5.41, 5.74) is 1.51. The number of thiophene rings is 1. The highest BCUT2D eigenvalue weighted by atomic mass is 32.1. The molecule has 156 valence electrons. The van der Waals surface area contributed by atoms with Crippen molar-refractivity contribution in [1.29, 1.82) is 0 Å². The van der Waals surface area contributed by atoms with Crippen LogP contribution in [0.2, 0.25) is 0 Å². The molecule has 7 nitrogen and oxygen atoms in total. The lowest BCUT2D eigenvalue weighted by atomic mass is 9.82. The van der Waals surface area contributed by atoms with E-state index in [1.165, 1.54) is 11.3 Å². The first-order chi connectivity index (χ1) is 14.5. The van der Waals surface area contributed by atoms with Crippen LogP contribution in [0.25, 0.3) is 0 Å². The van der Waals surface area contributed by atoms with Gasteiger partial charge >= 0.3 is 5.97 Å². The Balaban J connectivity index is 1.38. The van der Waals surface area contributed by atoms with Gasteiger partial charge in [-0.05, 0) is 55.2 Å². The first-order valence-corrected chi connectivity index (χ1v) is 11.0. The van der Waals surface area contributed by atoms with Gasteiger partial charge in [0.2, 0.25) is 5.91 Å². The zero-order valence-electron chi connectivity index (χ0n) is 16.2. The maximum absolute atomic E-state index is 13.1. The Morgan fingerprint density at radius 2 is 1.97 bits per heavy atom. The predicted octanol–water partition coefficient (Wildman–Crippen LogP) is 3.22. The summed E-state index contributed by atoms with van der Waals surface area (Å²) in [6.07, 6.45) is 8.82. The lowest BCUT2D eigenvalue weighted by Crippen LogP contribution is -2.36. The van der Waals surface area contributed by atoms with Crippen LogP contribution in [0.15, 0.2) is 35.0 Å². The quantitative estimate of drug-likeness (QED) is 0.615. The average Bonchev–Trinajstić information content (AvgIpc) is 3.51. The summed E-state index contributed by atoms with van der Waals surface area (Å²) in [5, 5.41) is 16.0. The minimum Gasteiger partial charge on any atom is -0.481 e. The number of carbonyl (C=O) groups is 3. The number of carboxylic acids is 1. The zero-order valence-corrected chi connectivity index (χ0v) is 17.0. The number of fused-ring (bicyclic) bond motifs is 3. The monoisotopic (exact) mass is 426 g/mol. The summed E-state index contributed by atoms with van der Waals surface area (Å²) in [6.45, 7) is 0.266. The topological polar surface area (TPSA) is 109 Å². The summed E-state index contributed by atoms with van der Waals surface area (Å²) in [7, 11) is 0. The summed E-state index contributed by atoms with van der Waals surface area (Å²) in [4.78, 5) is 39.0. The number of hydrogen-bond donors (Lipinski definition) is 3. The van der Waals surface area contributed by atoms with Crippen LogP contribution in [0, 0.1) is 23.7 Å². The molecule has 0 spiro atoms. The summed E-state index contributed by atoms with van der Waals surface area (Å²) in [6, 6.07) is 3.55. The van der Waals surface area contributed by atoms with Gasteiger partial charge < -0.3 is 20.2 Å². The van der Waals surface area contributed by atoms with E-state index in [4.69, 9.17) is 4.42 Å². The third kappa shape index (κ3) is 3.15. The van der Waals surface area contributed by atoms with E-state index in [0.29, 0.717) is 22.7 Å². The highest BCUT2D eigenvalue weighted by molar-refractivity contribution is 7.17. The van der Waals surface area contributed by atoms with Gasteiger partial charge in [-0.15, -0.1) is 11.3 Å². The van der Waals surface area contributed by atoms with Gasteiger partial charge in [0.25, 0.3) is 5.91 Å². The van der Waals surface area contributed by atoms with Crippen LogP contribution in [-0.4, -0.2) is 22.9 Å². The summed E-state index contributed by atoms with van der Waals surface area (Å²) < 4.78 is 5.27. The SMILES string of the molecule is O=C(NCc1ccco1)c1c(NC(=O)[C@@H]2[C@@H](C(=O)O)[C@H]3C=C[C@H]2C3)sc2c1CCC2. The Bertz CT molecular complexity index is 1040. The zero-order chi connectivity index (χ0) is 20.8. The fourth-order valence-corrected chi connectivity index (χ4v) is 6.40. The van der Waals surface area contributed by atoms with Crippen molar-refractivity contribution in [2.45, 2.75) is 32.2 Å². The number of nitrogens with one attached hydrogen (secondary N) is 2. The van der Waals surface area contributed by atoms with Crippen LogP contribution >= 0.6 is 11.3 Å². The molecular formula is C22H22N2O5S. The van der Waals surface area contributed by atoms with E-state index in [2.05, 4.69) is 10.6 Å². The van der Waals surface area contributed by atoms with Gasteiger partial charge in [0.05, 0.1) is 30.2 Å². The first-order valence-electron chi connectivity index (χ1n) is 10.2. The van der Waals surface area contributed by atoms with E-state index in [9.17, 15) is 19.5 Å². The maximum atomic E-state index is 13.1. The largest absolute Gasteiger partial charge is 0.481 e. The van der Waals surface area contributed by atoms with E-state index in [-0.39, 0.29) is 30.2 Å². The fraction of sp³-hybridized carbons (Fsp3) is 0.409. The molecule has 2 bridgehead atoms. The van der Waals surface area contributed by atoms with Gasteiger partial charge in [-0.2, -0.15) is 0 Å². The number of rotatable bonds is 6. The van der Waals surface area contributed by atoms with E-state index in [1.807, 2.05) is 12.2 Å². The summed E-state index contributed by atoms with van der Waals surface area (Å²) >= 11 is 1.44. The molecule has 8 heteroatoms. The maximum Gasteiger partial charge on any atom is 0.307 e. The Morgan fingerprint density at radius 3 is 2.70 bits per heavy atom. The number of anilines is 1. The molecule has 0 saturated heterocycles. The molecule has 2 aromatic heterocycles. The van der Waals surface area contributed by atoms with E-state index < -0.39 is 17.8 Å². The van der Waals surface area contributed by atoms with Crippen molar-refractivity contribution in [3.05, 3.63) is 52.3 Å². The molecule has 30 heavy (non-hydrogen) atoms. The highest BCUT2D eigenvalue weighted by Gasteiger charge is 2.51. The second-order valence-electron chi connectivity index (χ2n) is 8.15. The van der Waals surface area contributed by atoms with Crippen LogP contribution in [0.5, 0.6) is 0 Å². The van der Waals surface area contributed by atoms with E-state index >= 15 is 0 Å². The Labute approximate surface area is 177 Å². The molecule has 5 rings (SSSR count). The fourth-order valence-electron chi connectivity index (χ4n) is 5.11. The van der Waals surface area contributed by atoms with Crippen molar-refractivity contribution in [1.82, 2.24) is 5.32 Å². The molecule has 1 saturated carbocycles. The molecule has 0 radical (unpaired) electrons. The van der Waals surface area contributed by atoms with Crippen molar-refractivity contribution in [3.8, 4) is 0 Å². The van der Waals surface area contributed by atoms with Gasteiger partial charge in [-0.1, -0.05) is 12.2 Å². The number of carbonyl (C=O) groups excluding carboxylic acids is 2. The van der Waals surface area contributed by atoms with Gasteiger partial charge in [-0.25, -0.2) is 0 Å². The lowest BCUT2D eigenvalue weighted by Gasteiger charge is -2.23. The molecular weight excluding hydrogens is 404 g/mol. The third-order valence-corrected chi connectivity index (χ3v) is 7.64. The number of aliphatic carboxylic acids is 1. The molecule has 0 aromatic carbocycles. The molecule has 0 aliphatic heterocycles. The Morgan fingerprint density at radius 1 is 1.17 bits per heavy atom. The normalized spacial score (nSPS) is 26.0. The number of carboxylic acid groups (broad SMARTS) is 1. The first kappa shape index (κ1) is 19.1. The number of aryl methyl sites for hydroxylation is 1. The minimum absolute atomic E-state index is 0.0564. The van der Waals surface area contributed by atoms with Gasteiger partial charge in [-0.3, -0.25) is 14.4 Å². The van der Waals surface area contributed by atoms with Crippen molar-refractivity contribution in [3.63, 3.8) is 0 Å². The van der Waals surface area contributed by atoms with E-state index in [0.717, 1.165) is 29.7 Å². The Kier molecular flexibility index (Phi) is 4.73. The van der Waals surface area contributed by atoms with Crippen LogP contribution in [-0.2, 0) is 29.0 Å². The van der Waals surface area contributed by atoms with Gasteiger partial charge in [0, 0.05) is 4.88 Å². The van der Waals surface area contributed by atoms with Crippen LogP contribution < -0.4 is 10.6 Å². The molecule has 2 heterocycles. The van der Waals surface area contributed by atoms with Crippen molar-refractivity contribution in [2.75, 3.05) is 5.32 Å². The smallest absolute Gasteiger partial charge is 0.307 e. The second-order valence-corrected chi connectivity index (χ2v) is 9.26. The second kappa shape index (κ2) is 7.43. The number of furan rings is 1. The molecule has 3 aliphatic carbocycles.